The number of rotatable bonds is 18. The monoisotopic (exact) mass is 971 g/mol. The molecule has 0 amide bonds. The zero-order valence-corrected chi connectivity index (χ0v) is 38.4. The van der Waals surface area contributed by atoms with E-state index in [1.54, 1.807) is 23.5 Å². The second kappa shape index (κ2) is 26.3. The standard InChI is InChI=1S/C42H73N3O18S2/c1-21(9-13-64-17-27-23-7-3-5-11-56-39-35(54)31(50)37(25(15-46)58-39)62-41(60-27)33(52)29(23)48)44-19-43-20-45-22(2)10-14-65-18-28-24-8-4-6-12-57-40-36(55)32(51)38(26(16-47)59-40)63-42(61-28)34(53)30(24)49/h23-55H,1-20H2. The third kappa shape index (κ3) is 14.1. The normalized spacial score (nSPS) is 42.9. The van der Waals surface area contributed by atoms with Crippen LogP contribution in [0, 0.1) is 11.8 Å². The van der Waals surface area contributed by atoms with Gasteiger partial charge in [0, 0.05) is 47.9 Å². The molecular formula is C42H73N3O18S2. The summed E-state index contributed by atoms with van der Waals surface area (Å²) in [5, 5.41) is 117. The number of thioether (sulfide) groups is 2. The van der Waals surface area contributed by atoms with Crippen LogP contribution in [0.25, 0.3) is 0 Å². The van der Waals surface area contributed by atoms with Gasteiger partial charge in [-0.2, -0.15) is 23.5 Å². The summed E-state index contributed by atoms with van der Waals surface area (Å²) in [5.41, 5.74) is 1.64. The second-order valence-electron chi connectivity index (χ2n) is 17.5. The van der Waals surface area contributed by atoms with Gasteiger partial charge in [0.15, 0.2) is 25.2 Å². The van der Waals surface area contributed by atoms with Crippen LogP contribution in [0.3, 0.4) is 0 Å². The van der Waals surface area contributed by atoms with Crippen LogP contribution in [0.15, 0.2) is 24.6 Å². The Balaban J connectivity index is 0.870. The maximum atomic E-state index is 11.2. The maximum Gasteiger partial charge on any atom is 0.186 e. The Bertz CT molecular complexity index is 1350. The Morgan fingerprint density at radius 1 is 0.477 bits per heavy atom. The summed E-state index contributed by atoms with van der Waals surface area (Å²) in [5.74, 6) is 1.61. The van der Waals surface area contributed by atoms with Crippen molar-refractivity contribution < 1.29 is 89.0 Å². The predicted octanol–water partition coefficient (Wildman–Crippen LogP) is -2.88. The average Bonchev–Trinajstić information content (AvgIpc) is 3.29. The number of ether oxygens (including phenoxy) is 8. The van der Waals surface area contributed by atoms with Crippen LogP contribution < -0.4 is 16.0 Å². The SMILES string of the molecule is C=C(CCSCC1OC2OC3C(CO)OC(OCCCCC1C(O)C2O)C(O)C3O)NCNCNC(=C)CCSCC1OC2OC3C(CO)OC(OCCCCC1C(O)C2O)C(O)C3O. The van der Waals surface area contributed by atoms with E-state index in [2.05, 4.69) is 29.1 Å². The van der Waals surface area contributed by atoms with Gasteiger partial charge in [-0.05, 0) is 50.0 Å². The fourth-order valence-corrected chi connectivity index (χ4v) is 11.3. The number of aliphatic hydroxyl groups excluding tert-OH is 10. The van der Waals surface area contributed by atoms with Crippen molar-refractivity contribution in [3.05, 3.63) is 24.6 Å². The molecule has 0 aliphatic carbocycles. The van der Waals surface area contributed by atoms with Gasteiger partial charge in [-0.1, -0.05) is 26.0 Å². The van der Waals surface area contributed by atoms with Crippen molar-refractivity contribution in [2.24, 2.45) is 11.8 Å². The first-order valence-electron chi connectivity index (χ1n) is 22.8. The van der Waals surface area contributed by atoms with E-state index in [1.807, 2.05) is 0 Å². The second-order valence-corrected chi connectivity index (χ2v) is 19.8. The summed E-state index contributed by atoms with van der Waals surface area (Å²) in [6, 6.07) is 0. The lowest BCUT2D eigenvalue weighted by Crippen LogP contribution is -2.63. The van der Waals surface area contributed by atoms with Gasteiger partial charge in [0.25, 0.3) is 0 Å². The Labute approximate surface area is 388 Å². The average molecular weight is 972 g/mol. The van der Waals surface area contributed by atoms with E-state index in [1.165, 1.54) is 0 Å². The van der Waals surface area contributed by atoms with Crippen LogP contribution in [0.2, 0.25) is 0 Å². The minimum absolute atomic E-state index is 0.224. The van der Waals surface area contributed by atoms with Gasteiger partial charge in [-0.25, -0.2) is 0 Å². The quantitative estimate of drug-likeness (QED) is 0.0485. The molecule has 12 heterocycles. The summed E-state index contributed by atoms with van der Waals surface area (Å²) >= 11 is 3.21. The van der Waals surface area contributed by atoms with Crippen molar-refractivity contribution in [1.29, 1.82) is 0 Å². The van der Waals surface area contributed by atoms with Crippen LogP contribution in [0.5, 0.6) is 0 Å². The van der Waals surface area contributed by atoms with E-state index in [9.17, 15) is 51.1 Å². The van der Waals surface area contributed by atoms with Crippen molar-refractivity contribution in [1.82, 2.24) is 16.0 Å². The molecule has 23 heteroatoms. The largest absolute Gasteiger partial charge is 0.394 e. The fourth-order valence-electron chi connectivity index (χ4n) is 9.03. The van der Waals surface area contributed by atoms with E-state index in [-0.39, 0.29) is 25.0 Å². The van der Waals surface area contributed by atoms with Gasteiger partial charge in [-0.15, -0.1) is 0 Å². The Morgan fingerprint density at radius 3 is 1.26 bits per heavy atom. The molecule has 0 aromatic carbocycles. The molecule has 12 saturated heterocycles. The highest BCUT2D eigenvalue weighted by atomic mass is 32.2. The molecule has 21 nitrogen and oxygen atoms in total. The molecule has 8 bridgehead atoms. The van der Waals surface area contributed by atoms with Gasteiger partial charge in [0.2, 0.25) is 0 Å². The zero-order valence-electron chi connectivity index (χ0n) is 36.7. The molecule has 0 saturated carbocycles. The third-order valence-electron chi connectivity index (χ3n) is 12.9. The topological polar surface area (TPSA) is 312 Å². The highest BCUT2D eigenvalue weighted by Gasteiger charge is 2.53. The smallest absolute Gasteiger partial charge is 0.186 e. The van der Waals surface area contributed by atoms with Gasteiger partial charge in [-0.3, -0.25) is 5.32 Å². The molecule has 12 aliphatic heterocycles. The molecule has 0 radical (unpaired) electrons. The van der Waals surface area contributed by atoms with E-state index in [4.69, 9.17) is 37.9 Å². The number of nitrogens with one attached hydrogen (secondary N) is 3. The molecule has 12 fully saturated rings. The molecule has 13 N–H and O–H groups in total. The Morgan fingerprint density at radius 2 is 0.862 bits per heavy atom. The first-order valence-corrected chi connectivity index (χ1v) is 25.2. The van der Waals surface area contributed by atoms with Crippen molar-refractivity contribution in [3.63, 3.8) is 0 Å². The summed E-state index contributed by atoms with van der Waals surface area (Å²) in [6.45, 7) is 8.54. The van der Waals surface area contributed by atoms with Gasteiger partial charge >= 0.3 is 0 Å². The molecule has 65 heavy (non-hydrogen) atoms. The molecule has 0 spiro atoms. The van der Waals surface area contributed by atoms with E-state index < -0.39 is 124 Å². The van der Waals surface area contributed by atoms with Crippen LogP contribution >= 0.6 is 23.5 Å². The van der Waals surface area contributed by atoms with Crippen molar-refractivity contribution in [3.8, 4) is 0 Å². The first-order chi connectivity index (χ1) is 31.3. The summed E-state index contributed by atoms with van der Waals surface area (Å²) in [6.07, 6.45) is -16.7. The van der Waals surface area contributed by atoms with E-state index in [0.717, 1.165) is 11.4 Å². The summed E-state index contributed by atoms with van der Waals surface area (Å²) in [7, 11) is 0. The molecule has 0 aromatic rings. The van der Waals surface area contributed by atoms with Gasteiger partial charge < -0.3 is 99.6 Å². The van der Waals surface area contributed by atoms with E-state index in [0.29, 0.717) is 87.7 Å². The number of hydrogen-bond acceptors (Lipinski definition) is 23. The fraction of sp³-hybridized carbons (Fsp3) is 0.905. The molecule has 20 atom stereocenters. The van der Waals surface area contributed by atoms with Crippen molar-refractivity contribution in [2.75, 3.05) is 62.8 Å². The summed E-state index contributed by atoms with van der Waals surface area (Å²) in [4.78, 5) is 0. The molecule has 12 aliphatic rings. The van der Waals surface area contributed by atoms with Gasteiger partial charge in [0.1, 0.15) is 61.0 Å². The van der Waals surface area contributed by atoms with Crippen molar-refractivity contribution >= 4 is 23.5 Å². The molecule has 0 aromatic heterocycles. The lowest BCUT2D eigenvalue weighted by molar-refractivity contribution is -0.354. The van der Waals surface area contributed by atoms with Crippen LogP contribution in [-0.2, 0) is 37.9 Å². The molecule has 376 valence electrons. The van der Waals surface area contributed by atoms with Gasteiger partial charge in [0.05, 0.1) is 51.0 Å². The minimum atomic E-state index is -1.49. The highest BCUT2D eigenvalue weighted by Crippen LogP contribution is 2.38. The number of hydrogen-bond donors (Lipinski definition) is 13. The summed E-state index contributed by atoms with van der Waals surface area (Å²) < 4.78 is 47.0. The molecule has 12 rings (SSSR count). The van der Waals surface area contributed by atoms with E-state index >= 15 is 0 Å². The third-order valence-corrected chi connectivity index (χ3v) is 15.1. The predicted molar refractivity (Wildman–Crippen MR) is 235 cm³/mol. The van der Waals surface area contributed by atoms with Crippen LogP contribution in [-0.4, -0.2) is 224 Å². The maximum absolute atomic E-state index is 11.2. The lowest BCUT2D eigenvalue weighted by Gasteiger charge is -2.47. The number of allylic oxidation sites excluding steroid dienone is 2. The molecule has 20 unspecified atom stereocenters. The Hall–Kier alpha value is -0.980. The first kappa shape index (κ1) is 53.4. The zero-order chi connectivity index (χ0) is 46.6. The molecular weight excluding hydrogens is 899 g/mol. The van der Waals surface area contributed by atoms with Crippen LogP contribution in [0.4, 0.5) is 0 Å². The van der Waals surface area contributed by atoms with Crippen molar-refractivity contribution in [2.45, 2.75) is 162 Å². The Kier molecular flexibility index (Phi) is 21.6. The minimum Gasteiger partial charge on any atom is -0.394 e. The lowest BCUT2D eigenvalue weighted by atomic mass is 9.85. The van der Waals surface area contributed by atoms with Crippen LogP contribution in [0.1, 0.15) is 51.4 Å². The number of aliphatic hydroxyl groups is 10. The highest BCUT2D eigenvalue weighted by molar-refractivity contribution is 7.99.